The number of aromatic nitrogens is 2. The van der Waals surface area contributed by atoms with Gasteiger partial charge in [-0.1, -0.05) is 52.9 Å². The van der Waals surface area contributed by atoms with E-state index < -0.39 is 16.7 Å². The highest BCUT2D eigenvalue weighted by atomic mass is 35.5. The number of nitrogens with one attached hydrogen (secondary N) is 1. The molecule has 2 heterocycles. The van der Waals surface area contributed by atoms with Gasteiger partial charge in [0, 0.05) is 35.4 Å². The first-order valence-corrected chi connectivity index (χ1v) is 14.7. The Labute approximate surface area is 253 Å². The van der Waals surface area contributed by atoms with Crippen molar-refractivity contribution in [2.24, 2.45) is 5.73 Å². The largest absolute Gasteiger partial charge is 0.496 e. The molecular weight excluding hydrogens is 602 g/mol. The van der Waals surface area contributed by atoms with E-state index >= 15 is 0 Å². The van der Waals surface area contributed by atoms with Gasteiger partial charge in [-0.25, -0.2) is 0 Å². The minimum Gasteiger partial charge on any atom is -0.496 e. The number of hydrogen-bond donors (Lipinski definition) is 2. The van der Waals surface area contributed by atoms with Crippen molar-refractivity contribution >= 4 is 62.9 Å². The maximum atomic E-state index is 13.3. The molecule has 214 valence electrons. The van der Waals surface area contributed by atoms with Gasteiger partial charge < -0.3 is 15.8 Å². The van der Waals surface area contributed by atoms with Crippen LogP contribution in [0.1, 0.15) is 30.7 Å². The number of nitriles is 1. The summed E-state index contributed by atoms with van der Waals surface area (Å²) in [6.45, 7) is 0. The lowest BCUT2D eigenvalue weighted by atomic mass is 9.75. The fourth-order valence-electron chi connectivity index (χ4n) is 4.91. The summed E-state index contributed by atoms with van der Waals surface area (Å²) in [5, 5.41) is 32.8. The van der Waals surface area contributed by atoms with E-state index in [2.05, 4.69) is 21.6 Å². The molecule has 2 aliphatic rings. The van der Waals surface area contributed by atoms with Gasteiger partial charge in [0.05, 0.1) is 46.1 Å². The molecule has 0 fully saturated rings. The Bertz CT molecular complexity index is 1710. The summed E-state index contributed by atoms with van der Waals surface area (Å²) in [6.07, 6.45) is 1.50. The number of anilines is 2. The van der Waals surface area contributed by atoms with Crippen molar-refractivity contribution in [2.45, 2.75) is 29.5 Å². The van der Waals surface area contributed by atoms with Crippen LogP contribution < -0.4 is 20.7 Å². The Morgan fingerprint density at radius 1 is 1.33 bits per heavy atom. The molecule has 0 radical (unpaired) electrons. The van der Waals surface area contributed by atoms with Gasteiger partial charge in [-0.3, -0.25) is 24.6 Å². The van der Waals surface area contributed by atoms with Crippen LogP contribution in [-0.4, -0.2) is 39.7 Å². The lowest BCUT2D eigenvalue weighted by Crippen LogP contribution is -2.38. The number of halogens is 1. The molecular formula is C27H22ClN7O5S2. The molecule has 1 atom stereocenters. The number of carbonyl (C=O) groups excluding carboxylic acids is 2. The molecule has 42 heavy (non-hydrogen) atoms. The summed E-state index contributed by atoms with van der Waals surface area (Å²) < 4.78 is 5.99. The minimum absolute atomic E-state index is 0.0759. The Kier molecular flexibility index (Phi) is 8.44. The van der Waals surface area contributed by atoms with Gasteiger partial charge in [0.1, 0.15) is 11.6 Å². The summed E-state index contributed by atoms with van der Waals surface area (Å²) >= 11 is 8.33. The molecule has 2 aromatic carbocycles. The third-order valence-corrected chi connectivity index (χ3v) is 9.08. The lowest BCUT2D eigenvalue weighted by molar-refractivity contribution is -0.384. The standard InChI is InChI=1S/C27H22ClN7O5S2/c1-40-21-8-3-2-5-15(21)23-16(12-29)25(30)34(19-6-4-7-20(36)24(19)23)26-32-33-27(42-26)41-13-22(37)31-18-11-14(35(38)39)9-10-17(18)28/h2-3,5,8-11,23H,4,6-7,13,30H2,1H3,(H,31,37). The van der Waals surface area contributed by atoms with Crippen LogP contribution in [0, 0.1) is 21.4 Å². The smallest absolute Gasteiger partial charge is 0.271 e. The Hall–Kier alpha value is -4.45. The molecule has 1 aliphatic carbocycles. The van der Waals surface area contributed by atoms with Gasteiger partial charge in [-0.05, 0) is 25.0 Å². The Balaban J connectivity index is 1.41. The van der Waals surface area contributed by atoms with Crippen LogP contribution in [0.4, 0.5) is 16.5 Å². The van der Waals surface area contributed by atoms with Crippen molar-refractivity contribution in [3.8, 4) is 11.8 Å². The molecule has 3 N–H and O–H groups in total. The first-order valence-electron chi connectivity index (χ1n) is 12.5. The fraction of sp³-hybridized carbons (Fsp3) is 0.222. The molecule has 0 saturated carbocycles. The number of nitro groups is 1. The van der Waals surface area contributed by atoms with Gasteiger partial charge in [0.25, 0.3) is 5.69 Å². The average molecular weight is 624 g/mol. The van der Waals surface area contributed by atoms with Crippen LogP contribution in [0.15, 0.2) is 69.5 Å². The molecule has 1 unspecified atom stereocenters. The van der Waals surface area contributed by atoms with Crippen LogP contribution in [0.25, 0.3) is 0 Å². The van der Waals surface area contributed by atoms with E-state index in [9.17, 15) is 25.0 Å². The van der Waals surface area contributed by atoms with Crippen LogP contribution in [0.3, 0.4) is 0 Å². The summed E-state index contributed by atoms with van der Waals surface area (Å²) in [6, 6.07) is 13.2. The van der Waals surface area contributed by atoms with E-state index in [1.165, 1.54) is 25.3 Å². The average Bonchev–Trinajstić information content (AvgIpc) is 3.45. The number of nitrogens with two attached hydrogens (primary N) is 1. The molecule has 0 spiro atoms. The van der Waals surface area contributed by atoms with Gasteiger partial charge >= 0.3 is 0 Å². The highest BCUT2D eigenvalue weighted by Gasteiger charge is 2.42. The number of rotatable bonds is 8. The third-order valence-electron chi connectivity index (χ3n) is 6.71. The highest BCUT2D eigenvalue weighted by Crippen LogP contribution is 2.48. The third kappa shape index (κ3) is 5.54. The number of methoxy groups -OCH3 is 1. The summed E-state index contributed by atoms with van der Waals surface area (Å²) in [5.74, 6) is -0.603. The number of benzene rings is 2. The number of non-ortho nitro benzene ring substituents is 1. The zero-order valence-electron chi connectivity index (χ0n) is 22.0. The molecule has 0 saturated heterocycles. The minimum atomic E-state index is -0.684. The van der Waals surface area contributed by atoms with Crippen molar-refractivity contribution in [3.63, 3.8) is 0 Å². The topological polar surface area (TPSA) is 177 Å². The molecule has 3 aromatic rings. The van der Waals surface area contributed by atoms with Crippen molar-refractivity contribution in [1.29, 1.82) is 5.26 Å². The Morgan fingerprint density at radius 2 is 2.12 bits per heavy atom. The number of Topliss-reactive ketones (excluding diaryl/α,β-unsaturated/α-hetero) is 1. The first kappa shape index (κ1) is 29.1. The number of nitrogens with zero attached hydrogens (tertiary/aromatic N) is 5. The zero-order valence-corrected chi connectivity index (χ0v) is 24.4. The van der Waals surface area contributed by atoms with Gasteiger partial charge in [-0.15, -0.1) is 10.2 Å². The maximum Gasteiger partial charge on any atom is 0.271 e. The number of amides is 1. The lowest BCUT2D eigenvalue weighted by Gasteiger charge is -2.38. The normalized spacial score (nSPS) is 16.6. The number of thioether (sulfide) groups is 1. The van der Waals surface area contributed by atoms with E-state index in [-0.39, 0.29) is 39.3 Å². The number of allylic oxidation sites excluding steroid dienone is 3. The number of hydrogen-bond acceptors (Lipinski definition) is 12. The molecule has 1 aliphatic heterocycles. The van der Waals surface area contributed by atoms with E-state index in [0.717, 1.165) is 23.1 Å². The second-order valence-electron chi connectivity index (χ2n) is 9.17. The summed E-state index contributed by atoms with van der Waals surface area (Å²) in [7, 11) is 1.53. The van der Waals surface area contributed by atoms with Gasteiger partial charge in [0.2, 0.25) is 11.0 Å². The molecule has 15 heteroatoms. The zero-order chi connectivity index (χ0) is 30.0. The maximum absolute atomic E-state index is 13.3. The van der Waals surface area contributed by atoms with E-state index in [1.807, 2.05) is 18.2 Å². The van der Waals surface area contributed by atoms with Gasteiger partial charge in [-0.2, -0.15) is 5.26 Å². The van der Waals surface area contributed by atoms with E-state index in [4.69, 9.17) is 22.1 Å². The molecule has 5 rings (SSSR count). The highest BCUT2D eigenvalue weighted by molar-refractivity contribution is 8.01. The van der Waals surface area contributed by atoms with Gasteiger partial charge in [0.15, 0.2) is 10.1 Å². The second-order valence-corrected chi connectivity index (χ2v) is 11.8. The fourth-order valence-corrected chi connectivity index (χ4v) is 6.75. The first-order chi connectivity index (χ1) is 20.2. The SMILES string of the molecule is COc1ccccc1C1C(C#N)=C(N)N(c2nnc(SCC(=O)Nc3cc([N+](=O)[O-])ccc3Cl)s2)C2=C1C(=O)CCC2. The molecule has 0 bridgehead atoms. The molecule has 1 aromatic heterocycles. The monoisotopic (exact) mass is 623 g/mol. The summed E-state index contributed by atoms with van der Waals surface area (Å²) in [4.78, 5) is 38.0. The molecule has 1 amide bonds. The van der Waals surface area contributed by atoms with Crippen molar-refractivity contribution in [1.82, 2.24) is 10.2 Å². The van der Waals surface area contributed by atoms with Crippen molar-refractivity contribution in [2.75, 3.05) is 23.1 Å². The van der Waals surface area contributed by atoms with Crippen LogP contribution >= 0.6 is 34.7 Å². The number of para-hydroxylation sites is 1. The van der Waals surface area contributed by atoms with E-state index in [0.29, 0.717) is 51.3 Å². The summed E-state index contributed by atoms with van der Waals surface area (Å²) in [5.41, 5.74) is 8.53. The second kappa shape index (κ2) is 12.2. The van der Waals surface area contributed by atoms with E-state index in [1.54, 1.807) is 11.0 Å². The number of ether oxygens (including phenoxy) is 1. The molecule has 12 nitrogen and oxygen atoms in total. The van der Waals surface area contributed by atoms with Crippen LogP contribution in [-0.2, 0) is 9.59 Å². The number of carbonyl (C=O) groups is 2. The predicted molar refractivity (Wildman–Crippen MR) is 158 cm³/mol. The quantitative estimate of drug-likeness (QED) is 0.193. The number of nitro benzene ring substituents is 1. The Morgan fingerprint density at radius 3 is 2.86 bits per heavy atom. The van der Waals surface area contributed by atoms with Crippen molar-refractivity contribution in [3.05, 3.63) is 85.8 Å². The van der Waals surface area contributed by atoms with Crippen LogP contribution in [0.2, 0.25) is 5.02 Å². The van der Waals surface area contributed by atoms with Crippen molar-refractivity contribution < 1.29 is 19.2 Å². The van der Waals surface area contributed by atoms with Crippen LogP contribution in [0.5, 0.6) is 5.75 Å². The predicted octanol–water partition coefficient (Wildman–Crippen LogP) is 5.14. The number of ketones is 1.